The molecule has 4 aliphatic heterocycles. The van der Waals surface area contributed by atoms with Crippen molar-refractivity contribution < 1.29 is 46.5 Å². The summed E-state index contributed by atoms with van der Waals surface area (Å²) in [6.45, 7) is 13.6. The molecule has 19 heteroatoms. The van der Waals surface area contributed by atoms with Gasteiger partial charge in [0, 0.05) is 68.4 Å². The molecule has 15 nitrogen and oxygen atoms in total. The number of nitrogens with one attached hydrogen (secondary N) is 3. The molecule has 6 heterocycles. The number of anilines is 1. The zero-order valence-corrected chi connectivity index (χ0v) is 45.9. The Labute approximate surface area is 463 Å². The van der Waals surface area contributed by atoms with Crippen molar-refractivity contribution in [1.82, 2.24) is 40.7 Å². The van der Waals surface area contributed by atoms with Gasteiger partial charge < -0.3 is 45.2 Å². The predicted molar refractivity (Wildman–Crippen MR) is 299 cm³/mol. The number of ether oxygens (including phenoxy) is 2. The quantitative estimate of drug-likeness (QED) is 0.0412. The molecule has 3 amide bonds. The minimum absolute atomic E-state index is 0.0258. The predicted octanol–water partition coefficient (Wildman–Crippen LogP) is 8.98. The third-order valence-corrected chi connectivity index (χ3v) is 15.5. The number of piperazine rings is 1. The summed E-state index contributed by atoms with van der Waals surface area (Å²) in [5.74, 6) is -0.669. The number of aromatic hydroxyl groups is 1. The number of fused-ring (bicyclic) bond motifs is 4. The van der Waals surface area contributed by atoms with E-state index >= 15 is 4.39 Å². The number of likely N-dealkylation sites (tertiary alicyclic amines) is 2. The van der Waals surface area contributed by atoms with E-state index in [4.69, 9.17) is 15.9 Å². The van der Waals surface area contributed by atoms with Crippen LogP contribution in [0.3, 0.4) is 0 Å². The second kappa shape index (κ2) is 24.9. The lowest BCUT2D eigenvalue weighted by Crippen LogP contribution is -2.57. The van der Waals surface area contributed by atoms with Crippen molar-refractivity contribution in [2.75, 3.05) is 64.5 Å². The average molecular weight is 1100 g/mol. The molecule has 4 N–H and O–H groups in total. The number of hydrogen-bond acceptors (Lipinski definition) is 12. The Hall–Kier alpha value is -7.40. The fourth-order valence-corrected chi connectivity index (χ4v) is 11.4. The van der Waals surface area contributed by atoms with Crippen LogP contribution >= 0.6 is 0 Å². The molecule has 4 unspecified atom stereocenters. The zero-order valence-electron chi connectivity index (χ0n) is 45.9. The highest BCUT2D eigenvalue weighted by Crippen LogP contribution is 2.40. The van der Waals surface area contributed by atoms with E-state index in [0.717, 1.165) is 57.5 Å². The van der Waals surface area contributed by atoms with Crippen molar-refractivity contribution >= 4 is 45.2 Å². The van der Waals surface area contributed by atoms with Crippen LogP contribution in [0.25, 0.3) is 44.1 Å². The Morgan fingerprint density at radius 3 is 2.27 bits per heavy atom. The monoisotopic (exact) mass is 1100 g/mol. The van der Waals surface area contributed by atoms with Gasteiger partial charge in [-0.15, -0.1) is 6.42 Å². The summed E-state index contributed by atoms with van der Waals surface area (Å²) in [4.78, 5) is 59.4. The molecule has 4 aliphatic rings. The number of carbonyl (C=O) groups excluding carboxylic acids is 3. The van der Waals surface area contributed by atoms with E-state index in [-0.39, 0.29) is 69.2 Å². The van der Waals surface area contributed by atoms with Crippen LogP contribution in [-0.2, 0) is 19.1 Å². The number of aromatic nitrogens is 3. The number of methoxy groups -OCH3 is 1. The number of amides is 3. The lowest BCUT2D eigenvalue weighted by Gasteiger charge is -2.35. The number of phenols is 1. The maximum absolute atomic E-state index is 16.1. The summed E-state index contributed by atoms with van der Waals surface area (Å²) in [7, 11) is 1.43. The molecule has 4 aromatic carbocycles. The molecule has 2 aromatic heterocycles. The van der Waals surface area contributed by atoms with Crippen molar-refractivity contribution in [2.45, 2.75) is 109 Å². The van der Waals surface area contributed by atoms with Crippen molar-refractivity contribution in [2.24, 2.45) is 5.41 Å². The molecular formula is C61H69F4N9O6. The molecule has 80 heavy (non-hydrogen) atoms. The van der Waals surface area contributed by atoms with Crippen molar-refractivity contribution in [3.05, 3.63) is 107 Å². The van der Waals surface area contributed by atoms with Gasteiger partial charge in [-0.3, -0.25) is 19.4 Å². The number of hydrogen-bond donors (Lipinski definition) is 4. The molecule has 6 aromatic rings. The Bertz CT molecular complexity index is 3260. The Morgan fingerprint density at radius 2 is 1.60 bits per heavy atom. The molecule has 5 atom stereocenters. The van der Waals surface area contributed by atoms with Crippen LogP contribution in [0.1, 0.15) is 96.2 Å². The Kier molecular flexibility index (Phi) is 17.9. The number of phenolic OH excluding ortho intramolecular Hbond substituents is 1. The topological polar surface area (TPSA) is 174 Å². The lowest BCUT2D eigenvalue weighted by atomic mass is 9.85. The number of benzene rings is 4. The first kappa shape index (κ1) is 57.3. The number of nitrogens with zero attached hydrogens (tertiary/aromatic N) is 6. The van der Waals surface area contributed by atoms with Gasteiger partial charge in [-0.2, -0.15) is 9.97 Å². The first-order valence-corrected chi connectivity index (χ1v) is 27.5. The van der Waals surface area contributed by atoms with Gasteiger partial charge in [0.2, 0.25) is 17.7 Å². The third kappa shape index (κ3) is 12.8. The first-order chi connectivity index (χ1) is 38.4. The SMILES string of the molecule is C#Cc1c(F)ccc2cc(O)cc(-c3ncc4c(N5CC6CCC(C5)N6)nc(OC)nc4c3F)c12.CC(NC(=O)C1CCCN1C(=O)[C@@H](NC(=O)CCOCCCN1CCCC1)C(C)(C)C)c1ccc(-c2c(F)cccc2F)cc1. The summed E-state index contributed by atoms with van der Waals surface area (Å²) >= 11 is 0. The molecule has 4 fully saturated rings. The second-order valence-electron chi connectivity index (χ2n) is 22.2. The number of carbonyl (C=O) groups is 3. The van der Waals surface area contributed by atoms with Crippen molar-refractivity contribution in [3.8, 4) is 46.5 Å². The molecule has 422 valence electrons. The molecule has 0 aliphatic carbocycles. The van der Waals surface area contributed by atoms with Crippen LogP contribution in [-0.4, -0.2) is 131 Å². The van der Waals surface area contributed by atoms with E-state index in [1.54, 1.807) is 29.2 Å². The molecule has 0 radical (unpaired) electrons. The first-order valence-electron chi connectivity index (χ1n) is 27.5. The minimum atomic E-state index is -0.794. The second-order valence-corrected chi connectivity index (χ2v) is 22.2. The largest absolute Gasteiger partial charge is 0.508 e. The number of terminal acetylenes is 1. The average Bonchev–Trinajstić information content (AvgIpc) is 4.27. The molecule has 4 saturated heterocycles. The summed E-state index contributed by atoms with van der Waals surface area (Å²) in [6.07, 6.45) is 14.1. The van der Waals surface area contributed by atoms with Crippen LogP contribution in [0, 0.1) is 41.0 Å². The smallest absolute Gasteiger partial charge is 0.318 e. The van der Waals surface area contributed by atoms with Gasteiger partial charge in [0.15, 0.2) is 5.82 Å². The number of rotatable bonds is 16. The van der Waals surface area contributed by atoms with E-state index < -0.39 is 46.8 Å². The Morgan fingerprint density at radius 1 is 0.887 bits per heavy atom. The molecule has 0 spiro atoms. The highest BCUT2D eigenvalue weighted by Gasteiger charge is 2.42. The number of pyridine rings is 1. The normalized spacial score (nSPS) is 18.9. The van der Waals surface area contributed by atoms with Gasteiger partial charge in [-0.05, 0) is 117 Å². The van der Waals surface area contributed by atoms with Gasteiger partial charge in [0.1, 0.15) is 52.3 Å². The van der Waals surface area contributed by atoms with Crippen LogP contribution in [0.2, 0.25) is 0 Å². The van der Waals surface area contributed by atoms with Crippen LogP contribution in [0.4, 0.5) is 23.4 Å². The maximum Gasteiger partial charge on any atom is 0.318 e. The van der Waals surface area contributed by atoms with Gasteiger partial charge in [-0.1, -0.05) is 63.1 Å². The van der Waals surface area contributed by atoms with E-state index in [9.17, 15) is 32.7 Å². The van der Waals surface area contributed by atoms with Crippen molar-refractivity contribution in [1.29, 1.82) is 0 Å². The highest BCUT2D eigenvalue weighted by atomic mass is 19.1. The summed E-state index contributed by atoms with van der Waals surface area (Å²) < 4.78 is 70.1. The highest BCUT2D eigenvalue weighted by molar-refractivity contribution is 6.03. The minimum Gasteiger partial charge on any atom is -0.508 e. The summed E-state index contributed by atoms with van der Waals surface area (Å²) in [5, 5.41) is 21.0. The Balaban J connectivity index is 0.000000199. The van der Waals surface area contributed by atoms with Gasteiger partial charge in [0.05, 0.1) is 36.3 Å². The molecular weight excluding hydrogens is 1030 g/mol. The molecule has 2 bridgehead atoms. The summed E-state index contributed by atoms with van der Waals surface area (Å²) in [5.41, 5.74) is 0.562. The lowest BCUT2D eigenvalue weighted by molar-refractivity contribution is -0.144. The fraction of sp³-hybridized carbons (Fsp3) is 0.443. The van der Waals surface area contributed by atoms with Crippen LogP contribution < -0.4 is 25.6 Å². The van der Waals surface area contributed by atoms with Crippen molar-refractivity contribution in [3.63, 3.8) is 0 Å². The van der Waals surface area contributed by atoms with E-state index in [1.165, 1.54) is 68.6 Å². The van der Waals surface area contributed by atoms with Gasteiger partial charge in [-0.25, -0.2) is 17.6 Å². The van der Waals surface area contributed by atoms with E-state index in [1.807, 2.05) is 27.7 Å². The van der Waals surface area contributed by atoms with Crippen LogP contribution in [0.5, 0.6) is 11.8 Å². The summed E-state index contributed by atoms with van der Waals surface area (Å²) in [6, 6.07) is 14.8. The third-order valence-electron chi connectivity index (χ3n) is 15.5. The van der Waals surface area contributed by atoms with Gasteiger partial charge >= 0.3 is 6.01 Å². The molecule has 10 rings (SSSR count). The number of halogens is 4. The molecule has 0 saturated carbocycles. The van der Waals surface area contributed by atoms with E-state index in [0.29, 0.717) is 66.8 Å². The maximum atomic E-state index is 16.1. The van der Waals surface area contributed by atoms with Crippen LogP contribution in [0.15, 0.2) is 72.9 Å². The zero-order chi connectivity index (χ0) is 56.8. The van der Waals surface area contributed by atoms with E-state index in [2.05, 4.69) is 46.6 Å². The standard InChI is InChI=1S/C35H48F2N4O4.C26H21F2N5O2/c1-24(25-13-15-26(16-14-25)31-27(36)10-7-11-28(31)37)38-33(43)29-12-8-21-41(29)34(44)32(35(2,3)4)39-30(42)17-23-45-22-9-20-40-18-5-6-19-40;1-3-17-20(27)7-4-13-8-16(34)9-18(21(13)17)23-22(28)24-19(10-29-23)25(32-26(31-24)35-2)33-11-14-5-6-15(12-33)30-14/h7,10-11,13-16,24,29,32H,5-6,8-9,12,17-23H2,1-4H3,(H,38,43)(H,39,42);1,4,7-10,14-15,30,34H,5-6,11-12H2,2H3/t24?,29?,32-;/m1./s1. The fourth-order valence-electron chi connectivity index (χ4n) is 11.4. The van der Waals surface area contributed by atoms with Gasteiger partial charge in [0.25, 0.3) is 0 Å².